The summed E-state index contributed by atoms with van der Waals surface area (Å²) in [6, 6.07) is 4.64. The zero-order valence-corrected chi connectivity index (χ0v) is 13.8. The number of hydrogen-bond acceptors (Lipinski definition) is 1. The van der Waals surface area contributed by atoms with E-state index < -0.39 is 0 Å². The van der Waals surface area contributed by atoms with Gasteiger partial charge >= 0.3 is 0 Å². The van der Waals surface area contributed by atoms with E-state index in [2.05, 4.69) is 53.1 Å². The van der Waals surface area contributed by atoms with Gasteiger partial charge in [0.2, 0.25) is 0 Å². The summed E-state index contributed by atoms with van der Waals surface area (Å²) >= 11 is 0. The van der Waals surface area contributed by atoms with Crippen molar-refractivity contribution in [2.24, 2.45) is 0 Å². The minimum absolute atomic E-state index is 0.235. The maximum atomic E-state index is 5.81. The fourth-order valence-corrected chi connectivity index (χ4v) is 3.44. The number of allylic oxidation sites excluding steroid dienone is 1. The molecule has 0 aliphatic heterocycles. The average Bonchev–Trinajstić information content (AvgIpc) is 2.83. The quantitative estimate of drug-likeness (QED) is 0.729. The number of rotatable bonds is 2. The highest BCUT2D eigenvalue weighted by molar-refractivity contribution is 6.61. The Kier molecular flexibility index (Phi) is 3.31. The molecule has 21 heavy (non-hydrogen) atoms. The first-order valence-electron chi connectivity index (χ1n) is 7.87. The van der Waals surface area contributed by atoms with E-state index in [-0.39, 0.29) is 10.8 Å². The molecule has 0 saturated heterocycles. The van der Waals surface area contributed by atoms with E-state index in [0.29, 0.717) is 0 Å². The Labute approximate surface area is 128 Å². The molecule has 0 bridgehead atoms. The molecule has 2 heteroatoms. The third-order valence-corrected chi connectivity index (χ3v) is 5.05. The molecular weight excluding hydrogens is 255 g/mol. The molecule has 0 atom stereocenters. The Hall–Kier alpha value is -1.44. The third kappa shape index (κ3) is 2.35. The molecule has 1 aliphatic rings. The van der Waals surface area contributed by atoms with Crippen molar-refractivity contribution in [2.75, 3.05) is 0 Å². The van der Waals surface area contributed by atoms with Gasteiger partial charge in [0.1, 0.15) is 5.58 Å². The number of furan rings is 1. The van der Waals surface area contributed by atoms with E-state index in [1.807, 2.05) is 19.3 Å². The van der Waals surface area contributed by atoms with Gasteiger partial charge in [-0.15, -0.1) is 12.1 Å². The van der Waals surface area contributed by atoms with Gasteiger partial charge in [-0.2, -0.15) is 0 Å². The first kappa shape index (κ1) is 14.5. The predicted molar refractivity (Wildman–Crippen MR) is 91.7 cm³/mol. The summed E-state index contributed by atoms with van der Waals surface area (Å²) in [5.41, 5.74) is 5.61. The Morgan fingerprint density at radius 2 is 1.67 bits per heavy atom. The minimum Gasteiger partial charge on any atom is -0.465 e. The second kappa shape index (κ2) is 4.79. The standard InChI is InChI=1S/C19H24BO/c1-6-9-20-16-12-21-17-11-15-14(10-13(16)17)18(2,3)7-8-19(15,4)5/h6,9-12H,7-8H2,1-5H3/b9-6+. The molecule has 1 radical (unpaired) electrons. The fourth-order valence-electron chi connectivity index (χ4n) is 3.44. The van der Waals surface area contributed by atoms with Crippen LogP contribution in [0.5, 0.6) is 0 Å². The van der Waals surface area contributed by atoms with Gasteiger partial charge in [0.25, 0.3) is 0 Å². The van der Waals surface area contributed by atoms with E-state index in [1.165, 1.54) is 34.8 Å². The van der Waals surface area contributed by atoms with Crippen LogP contribution in [0.15, 0.2) is 34.9 Å². The van der Waals surface area contributed by atoms with Gasteiger partial charge in [-0.05, 0) is 59.3 Å². The Balaban J connectivity index is 2.23. The second-order valence-corrected chi connectivity index (χ2v) is 7.55. The monoisotopic (exact) mass is 279 g/mol. The van der Waals surface area contributed by atoms with Crippen LogP contribution in [-0.4, -0.2) is 7.28 Å². The number of benzene rings is 1. The van der Waals surface area contributed by atoms with Gasteiger partial charge in [-0.1, -0.05) is 27.7 Å². The number of fused-ring (bicyclic) bond motifs is 2. The fraction of sp³-hybridized carbons (Fsp3) is 0.474. The van der Waals surface area contributed by atoms with Crippen LogP contribution < -0.4 is 5.46 Å². The molecule has 0 fully saturated rings. The Morgan fingerprint density at radius 3 is 2.29 bits per heavy atom. The summed E-state index contributed by atoms with van der Waals surface area (Å²) < 4.78 is 5.81. The Bertz CT molecular complexity index is 704. The zero-order valence-electron chi connectivity index (χ0n) is 13.8. The molecule has 0 N–H and O–H groups in total. The first-order chi connectivity index (χ1) is 9.85. The van der Waals surface area contributed by atoms with Gasteiger partial charge in [0.05, 0.1) is 6.26 Å². The molecule has 0 saturated carbocycles. The van der Waals surface area contributed by atoms with E-state index >= 15 is 0 Å². The highest BCUT2D eigenvalue weighted by Gasteiger charge is 2.37. The van der Waals surface area contributed by atoms with Gasteiger partial charge in [-0.25, -0.2) is 0 Å². The van der Waals surface area contributed by atoms with Gasteiger partial charge in [0, 0.05) is 5.39 Å². The molecule has 109 valence electrons. The molecule has 0 unspecified atom stereocenters. The van der Waals surface area contributed by atoms with Crippen LogP contribution in [0.25, 0.3) is 11.0 Å². The SMILES string of the molecule is C/C=C/[B]c1coc2cc3c(cc12)C(C)(C)CCC3(C)C. The molecule has 2 aromatic rings. The van der Waals surface area contributed by atoms with Crippen LogP contribution in [0.2, 0.25) is 0 Å². The van der Waals surface area contributed by atoms with Crippen molar-refractivity contribution in [3.8, 4) is 0 Å². The lowest BCUT2D eigenvalue weighted by molar-refractivity contribution is 0.332. The highest BCUT2D eigenvalue weighted by Crippen LogP contribution is 2.46. The molecule has 1 aromatic heterocycles. The second-order valence-electron chi connectivity index (χ2n) is 7.55. The lowest BCUT2D eigenvalue weighted by Gasteiger charge is -2.41. The normalized spacial score (nSPS) is 19.9. The molecule has 1 nitrogen and oxygen atoms in total. The molecule has 0 amide bonds. The van der Waals surface area contributed by atoms with Crippen molar-refractivity contribution in [2.45, 2.75) is 58.3 Å². The predicted octanol–water partition coefficient (Wildman–Crippen LogP) is 4.64. The smallest absolute Gasteiger partial charge is 0.186 e. The van der Waals surface area contributed by atoms with Gasteiger partial charge < -0.3 is 4.42 Å². The highest BCUT2D eigenvalue weighted by atomic mass is 16.3. The molecule has 0 spiro atoms. The van der Waals surface area contributed by atoms with Crippen LogP contribution in [-0.2, 0) is 10.8 Å². The lowest BCUT2D eigenvalue weighted by atomic mass is 9.62. The van der Waals surface area contributed by atoms with E-state index in [1.54, 1.807) is 0 Å². The molecule has 3 rings (SSSR count). The van der Waals surface area contributed by atoms with E-state index in [4.69, 9.17) is 4.42 Å². The largest absolute Gasteiger partial charge is 0.465 e. The Morgan fingerprint density at radius 1 is 1.05 bits per heavy atom. The van der Waals surface area contributed by atoms with Crippen molar-refractivity contribution in [3.63, 3.8) is 0 Å². The summed E-state index contributed by atoms with van der Waals surface area (Å²) in [6.07, 6.45) is 6.39. The lowest BCUT2D eigenvalue weighted by Crippen LogP contribution is -2.33. The van der Waals surface area contributed by atoms with Crippen LogP contribution >= 0.6 is 0 Å². The van der Waals surface area contributed by atoms with Gasteiger partial charge in [0.15, 0.2) is 7.28 Å². The average molecular weight is 279 g/mol. The van der Waals surface area contributed by atoms with E-state index in [0.717, 1.165) is 5.58 Å². The van der Waals surface area contributed by atoms with Crippen LogP contribution in [0.1, 0.15) is 58.6 Å². The summed E-state index contributed by atoms with van der Waals surface area (Å²) in [6.45, 7) is 11.5. The number of hydrogen-bond donors (Lipinski definition) is 0. The van der Waals surface area contributed by atoms with Crippen molar-refractivity contribution >= 4 is 23.7 Å². The van der Waals surface area contributed by atoms with Crippen molar-refractivity contribution in [1.82, 2.24) is 0 Å². The third-order valence-electron chi connectivity index (χ3n) is 5.05. The van der Waals surface area contributed by atoms with Crippen molar-refractivity contribution in [1.29, 1.82) is 0 Å². The molecular formula is C19H24BO. The summed E-state index contributed by atoms with van der Waals surface area (Å²) in [7, 11) is 2.12. The van der Waals surface area contributed by atoms with Crippen molar-refractivity contribution in [3.05, 3.63) is 41.6 Å². The van der Waals surface area contributed by atoms with Crippen LogP contribution in [0.4, 0.5) is 0 Å². The van der Waals surface area contributed by atoms with Crippen LogP contribution in [0, 0.1) is 0 Å². The minimum atomic E-state index is 0.235. The van der Waals surface area contributed by atoms with E-state index in [9.17, 15) is 0 Å². The van der Waals surface area contributed by atoms with Gasteiger partial charge in [-0.3, -0.25) is 0 Å². The summed E-state index contributed by atoms with van der Waals surface area (Å²) in [5, 5.41) is 1.23. The molecule has 1 heterocycles. The topological polar surface area (TPSA) is 13.1 Å². The maximum Gasteiger partial charge on any atom is 0.186 e. The first-order valence-corrected chi connectivity index (χ1v) is 7.87. The summed E-state index contributed by atoms with van der Waals surface area (Å²) in [5.74, 6) is 2.07. The maximum absolute atomic E-state index is 5.81. The summed E-state index contributed by atoms with van der Waals surface area (Å²) in [4.78, 5) is 0. The molecule has 1 aliphatic carbocycles. The molecule has 1 aromatic carbocycles. The van der Waals surface area contributed by atoms with Crippen molar-refractivity contribution < 1.29 is 4.42 Å². The zero-order chi connectivity index (χ0) is 15.3. The van der Waals surface area contributed by atoms with Crippen LogP contribution in [0.3, 0.4) is 0 Å².